The van der Waals surface area contributed by atoms with Gasteiger partial charge in [0.2, 0.25) is 0 Å². The zero-order chi connectivity index (χ0) is 41.1. The fourth-order valence-corrected chi connectivity index (χ4v) is 11.2. The van der Waals surface area contributed by atoms with Gasteiger partial charge < -0.3 is 4.57 Å². The van der Waals surface area contributed by atoms with E-state index in [1.54, 1.807) is 0 Å². The summed E-state index contributed by atoms with van der Waals surface area (Å²) in [5, 5.41) is 7.74. The summed E-state index contributed by atoms with van der Waals surface area (Å²) in [6, 6.07) is 77.5. The maximum Gasteiger partial charge on any atom is 0.0582 e. The van der Waals surface area contributed by atoms with Crippen LogP contribution in [0.5, 0.6) is 0 Å². The Morgan fingerprint density at radius 2 is 1.05 bits per heavy atom. The minimum absolute atomic E-state index is 0.181. The summed E-state index contributed by atoms with van der Waals surface area (Å²) in [5.41, 5.74) is 20.8. The summed E-state index contributed by atoms with van der Waals surface area (Å²) in [4.78, 5) is 0. The van der Waals surface area contributed by atoms with Crippen LogP contribution in [0.15, 0.2) is 206 Å². The van der Waals surface area contributed by atoms with E-state index in [4.69, 9.17) is 0 Å². The number of aromatic nitrogens is 1. The van der Waals surface area contributed by atoms with Gasteiger partial charge in [-0.25, -0.2) is 0 Å². The second-order valence-corrected chi connectivity index (χ2v) is 18.0. The van der Waals surface area contributed by atoms with Crippen LogP contribution in [0.3, 0.4) is 0 Å². The number of rotatable bonds is 4. The van der Waals surface area contributed by atoms with Crippen molar-refractivity contribution in [1.82, 2.24) is 4.57 Å². The Morgan fingerprint density at radius 3 is 1.90 bits per heavy atom. The second-order valence-electron chi connectivity index (χ2n) is 18.0. The predicted molar refractivity (Wildman–Crippen MR) is 262 cm³/mol. The van der Waals surface area contributed by atoms with Gasteiger partial charge in [0, 0.05) is 22.1 Å². The molecule has 0 N–H and O–H groups in total. The van der Waals surface area contributed by atoms with Gasteiger partial charge in [0.25, 0.3) is 0 Å². The van der Waals surface area contributed by atoms with E-state index in [0.717, 1.165) is 6.42 Å². The highest BCUT2D eigenvalue weighted by Crippen LogP contribution is 2.50. The van der Waals surface area contributed by atoms with Gasteiger partial charge in [-0.3, -0.25) is 0 Å². The molecule has 0 saturated heterocycles. The molecule has 1 aliphatic carbocycles. The summed E-state index contributed by atoms with van der Waals surface area (Å²) < 4.78 is 2.53. The van der Waals surface area contributed by atoms with Crippen LogP contribution >= 0.6 is 0 Å². The van der Waals surface area contributed by atoms with Crippen molar-refractivity contribution in [2.75, 3.05) is 0 Å². The molecule has 2 heterocycles. The van der Waals surface area contributed by atoms with Gasteiger partial charge in [-0.1, -0.05) is 184 Å². The fraction of sp³-hybridized carbons (Fsp3) is 0.0820. The maximum atomic E-state index is 2.53. The molecule has 1 aliphatic heterocycles. The number of fused-ring (bicyclic) bond motifs is 11. The first kappa shape index (κ1) is 35.3. The minimum Gasteiger partial charge on any atom is -0.309 e. The van der Waals surface area contributed by atoms with Crippen LogP contribution in [0.1, 0.15) is 47.6 Å². The number of hydrogen-bond acceptors (Lipinski definition) is 0. The highest BCUT2D eigenvalue weighted by molar-refractivity contribution is 6.15. The lowest BCUT2D eigenvalue weighted by atomic mass is 9.73. The van der Waals surface area contributed by atoms with Gasteiger partial charge in [0.05, 0.1) is 16.7 Å². The summed E-state index contributed by atoms with van der Waals surface area (Å²) in [6.45, 7) is 4.80. The van der Waals surface area contributed by atoms with Gasteiger partial charge in [-0.05, 0) is 137 Å². The van der Waals surface area contributed by atoms with E-state index in [-0.39, 0.29) is 5.41 Å². The molecule has 62 heavy (non-hydrogen) atoms. The molecule has 1 nitrogen and oxygen atoms in total. The molecule has 1 atom stereocenters. The van der Waals surface area contributed by atoms with Crippen LogP contribution < -0.4 is 0 Å². The largest absolute Gasteiger partial charge is 0.309 e. The Morgan fingerprint density at radius 1 is 0.419 bits per heavy atom. The lowest BCUT2D eigenvalue weighted by molar-refractivity contribution is 0.630. The van der Waals surface area contributed by atoms with Gasteiger partial charge in [-0.2, -0.15) is 0 Å². The van der Waals surface area contributed by atoms with Crippen molar-refractivity contribution in [2.45, 2.75) is 31.6 Å². The Bertz CT molecular complexity index is 3620. The molecule has 2 aliphatic rings. The Labute approximate surface area is 362 Å². The molecule has 0 bridgehead atoms. The smallest absolute Gasteiger partial charge is 0.0582 e. The maximum absolute atomic E-state index is 2.53. The average molecular weight is 790 g/mol. The first-order chi connectivity index (χ1) is 30.5. The van der Waals surface area contributed by atoms with E-state index >= 15 is 0 Å². The molecule has 0 radical (unpaired) electrons. The average Bonchev–Trinajstić information content (AvgIpc) is 3.66. The van der Waals surface area contributed by atoms with Crippen LogP contribution in [0.25, 0.3) is 93.5 Å². The third kappa shape index (κ3) is 5.15. The van der Waals surface area contributed by atoms with E-state index < -0.39 is 0 Å². The van der Waals surface area contributed by atoms with Crippen LogP contribution in [0.2, 0.25) is 0 Å². The van der Waals surface area contributed by atoms with E-state index in [1.165, 1.54) is 121 Å². The molecule has 11 aromatic rings. The lowest BCUT2D eigenvalue weighted by Crippen LogP contribution is -2.26. The third-order valence-electron chi connectivity index (χ3n) is 14.4. The van der Waals surface area contributed by atoms with E-state index in [9.17, 15) is 0 Å². The number of para-hydroxylation sites is 1. The first-order valence-electron chi connectivity index (χ1n) is 22.0. The molecule has 10 aromatic carbocycles. The van der Waals surface area contributed by atoms with Crippen LogP contribution in [0.4, 0.5) is 0 Å². The third-order valence-corrected chi connectivity index (χ3v) is 14.4. The van der Waals surface area contributed by atoms with Gasteiger partial charge >= 0.3 is 0 Å². The Hall–Kier alpha value is -7.48. The summed E-state index contributed by atoms with van der Waals surface area (Å²) in [5.74, 6) is 0.326. The standard InChI is InChI=1S/C61H43N/c1-61(2)56-21-11-12-22-59(56)62-58-32-31-42(38-23-27-40(28-24-38)52-34-43-13-3-5-15-46(43)48-17-7-9-19-50(48)52)33-54(58)55-36-45(37-57(61)60(55)62)39-25-29-41(30-26-39)53-35-44-14-4-6-16-47(44)49-18-8-10-20-51(49)53/h3-34,36-37,53H,35H2,1-2H3. The highest BCUT2D eigenvalue weighted by Gasteiger charge is 2.36. The predicted octanol–water partition coefficient (Wildman–Crippen LogP) is 16.1. The zero-order valence-electron chi connectivity index (χ0n) is 34.9. The quantitative estimate of drug-likeness (QED) is 0.157. The lowest BCUT2D eigenvalue weighted by Gasteiger charge is -2.35. The van der Waals surface area contributed by atoms with Gasteiger partial charge in [0.1, 0.15) is 0 Å². The molecule has 13 rings (SSSR count). The van der Waals surface area contributed by atoms with Crippen molar-refractivity contribution < 1.29 is 0 Å². The number of hydrogen-bond donors (Lipinski definition) is 0. The zero-order valence-corrected chi connectivity index (χ0v) is 34.9. The van der Waals surface area contributed by atoms with Crippen molar-refractivity contribution in [3.8, 4) is 50.2 Å². The van der Waals surface area contributed by atoms with Crippen molar-refractivity contribution in [1.29, 1.82) is 0 Å². The highest BCUT2D eigenvalue weighted by atomic mass is 15.0. The molecule has 1 heteroatoms. The van der Waals surface area contributed by atoms with Crippen LogP contribution in [-0.4, -0.2) is 4.57 Å². The molecular weight excluding hydrogens is 747 g/mol. The van der Waals surface area contributed by atoms with Crippen molar-refractivity contribution in [3.63, 3.8) is 0 Å². The molecule has 292 valence electrons. The Balaban J connectivity index is 0.938. The van der Waals surface area contributed by atoms with Crippen molar-refractivity contribution in [2.24, 2.45) is 0 Å². The molecule has 1 aromatic heterocycles. The molecule has 1 unspecified atom stereocenters. The molecule has 0 amide bonds. The van der Waals surface area contributed by atoms with Crippen molar-refractivity contribution in [3.05, 3.63) is 234 Å². The molecule has 0 fully saturated rings. The minimum atomic E-state index is -0.181. The number of nitrogens with zero attached hydrogens (tertiary/aromatic N) is 1. The number of benzene rings is 10. The SMILES string of the molecule is CC1(C)c2ccccc2-n2c3ccc(-c4ccc(-c5cc6ccccc6c6ccccc56)cc4)cc3c3cc(-c4ccc(C5Cc6ccccc6-c6ccccc65)cc4)cc1c32. The van der Waals surface area contributed by atoms with Gasteiger partial charge in [-0.15, -0.1) is 0 Å². The summed E-state index contributed by atoms with van der Waals surface area (Å²) in [7, 11) is 0. The normalized spacial score (nSPS) is 14.8. The van der Waals surface area contributed by atoms with E-state index in [0.29, 0.717) is 5.92 Å². The topological polar surface area (TPSA) is 4.93 Å². The van der Waals surface area contributed by atoms with Crippen LogP contribution in [0, 0.1) is 0 Å². The van der Waals surface area contributed by atoms with E-state index in [2.05, 4.69) is 225 Å². The molecule has 0 saturated carbocycles. The second kappa shape index (κ2) is 13.3. The fourth-order valence-electron chi connectivity index (χ4n) is 11.2. The first-order valence-corrected chi connectivity index (χ1v) is 22.0. The molecular formula is C61H43N. The van der Waals surface area contributed by atoms with Crippen LogP contribution in [-0.2, 0) is 11.8 Å². The van der Waals surface area contributed by atoms with E-state index in [1.807, 2.05) is 0 Å². The Kier molecular flexibility index (Phi) is 7.55. The van der Waals surface area contributed by atoms with Crippen molar-refractivity contribution >= 4 is 43.4 Å². The summed E-state index contributed by atoms with van der Waals surface area (Å²) >= 11 is 0. The molecule has 0 spiro atoms. The summed E-state index contributed by atoms with van der Waals surface area (Å²) in [6.07, 6.45) is 1.02. The monoisotopic (exact) mass is 789 g/mol. The van der Waals surface area contributed by atoms with Gasteiger partial charge in [0.15, 0.2) is 0 Å².